The standard InChI is InChI=1S/C52H37N/c1-51(2)44-22-10-6-19-40(44)42-21-14-26-49(50(42)51)53(36-29-27-35(28-30-36)34-15-4-3-5-16-34)37-31-32-48-43(33-37)41-20-9-13-25-47(41)52(48)45-23-11-7-17-38(45)39-18-8-12-24-46(39)52/h3-33H,1-2H3. The highest BCUT2D eigenvalue weighted by Gasteiger charge is 2.51. The molecule has 3 aliphatic carbocycles. The van der Waals surface area contributed by atoms with Gasteiger partial charge in [-0.3, -0.25) is 0 Å². The minimum Gasteiger partial charge on any atom is -0.310 e. The Hall–Kier alpha value is -6.44. The molecular formula is C52H37N. The van der Waals surface area contributed by atoms with Gasteiger partial charge in [0.15, 0.2) is 0 Å². The van der Waals surface area contributed by atoms with E-state index in [1.807, 2.05) is 0 Å². The van der Waals surface area contributed by atoms with Crippen LogP contribution in [0.2, 0.25) is 0 Å². The summed E-state index contributed by atoms with van der Waals surface area (Å²) >= 11 is 0. The maximum Gasteiger partial charge on any atom is 0.0725 e. The number of anilines is 3. The van der Waals surface area contributed by atoms with Crippen LogP contribution in [0, 0.1) is 0 Å². The molecule has 1 heteroatoms. The van der Waals surface area contributed by atoms with Gasteiger partial charge in [0.25, 0.3) is 0 Å². The molecule has 0 fully saturated rings. The van der Waals surface area contributed by atoms with Crippen molar-refractivity contribution in [3.05, 3.63) is 221 Å². The van der Waals surface area contributed by atoms with Gasteiger partial charge in [-0.25, -0.2) is 0 Å². The van der Waals surface area contributed by atoms with Crippen LogP contribution in [0.4, 0.5) is 17.1 Å². The van der Waals surface area contributed by atoms with Crippen molar-refractivity contribution in [2.75, 3.05) is 4.90 Å². The highest BCUT2D eigenvalue weighted by Crippen LogP contribution is 2.63. The van der Waals surface area contributed by atoms with Crippen molar-refractivity contribution in [2.24, 2.45) is 0 Å². The van der Waals surface area contributed by atoms with E-state index in [1.54, 1.807) is 0 Å². The average molecular weight is 676 g/mol. The second-order valence-electron chi connectivity index (χ2n) is 15.2. The highest BCUT2D eigenvalue weighted by atomic mass is 15.1. The Morgan fingerprint density at radius 2 is 0.792 bits per heavy atom. The summed E-state index contributed by atoms with van der Waals surface area (Å²) in [6.45, 7) is 4.77. The molecule has 0 saturated carbocycles. The van der Waals surface area contributed by atoms with Gasteiger partial charge in [-0.2, -0.15) is 0 Å². The molecule has 250 valence electrons. The monoisotopic (exact) mass is 675 g/mol. The number of benzene rings is 8. The average Bonchev–Trinajstić information content (AvgIpc) is 3.78. The second-order valence-corrected chi connectivity index (χ2v) is 15.2. The number of hydrogen-bond donors (Lipinski definition) is 0. The largest absolute Gasteiger partial charge is 0.310 e. The van der Waals surface area contributed by atoms with Gasteiger partial charge >= 0.3 is 0 Å². The molecule has 53 heavy (non-hydrogen) atoms. The first kappa shape index (κ1) is 30.2. The Labute approximate surface area is 311 Å². The van der Waals surface area contributed by atoms with Crippen molar-refractivity contribution in [3.8, 4) is 44.5 Å². The Morgan fingerprint density at radius 1 is 0.340 bits per heavy atom. The third-order valence-corrected chi connectivity index (χ3v) is 12.3. The van der Waals surface area contributed by atoms with Crippen LogP contribution >= 0.6 is 0 Å². The van der Waals surface area contributed by atoms with Crippen LogP contribution in [0.3, 0.4) is 0 Å². The molecule has 0 radical (unpaired) electrons. The predicted molar refractivity (Wildman–Crippen MR) is 220 cm³/mol. The lowest BCUT2D eigenvalue weighted by molar-refractivity contribution is 0.661. The number of rotatable bonds is 4. The minimum atomic E-state index is -0.364. The Kier molecular flexibility index (Phi) is 6.29. The Bertz CT molecular complexity index is 2710. The zero-order chi connectivity index (χ0) is 35.3. The number of hydrogen-bond acceptors (Lipinski definition) is 1. The summed E-state index contributed by atoms with van der Waals surface area (Å²) in [6.07, 6.45) is 0. The SMILES string of the molecule is CC1(C)c2ccccc2-c2cccc(N(c3ccc(-c4ccccc4)cc3)c3ccc4c(c3)-c3ccccc3C43c4ccccc4-c4ccccc43)c21. The quantitative estimate of drug-likeness (QED) is 0.179. The van der Waals surface area contributed by atoms with Gasteiger partial charge in [-0.1, -0.05) is 172 Å². The molecule has 0 aromatic heterocycles. The van der Waals surface area contributed by atoms with E-state index in [4.69, 9.17) is 0 Å². The molecule has 11 rings (SSSR count). The maximum atomic E-state index is 2.51. The van der Waals surface area contributed by atoms with E-state index in [0.717, 1.165) is 11.4 Å². The lowest BCUT2D eigenvalue weighted by Crippen LogP contribution is -2.26. The van der Waals surface area contributed by atoms with Gasteiger partial charge in [0.1, 0.15) is 0 Å². The first-order chi connectivity index (χ1) is 26.1. The number of fused-ring (bicyclic) bond motifs is 13. The van der Waals surface area contributed by atoms with Crippen molar-refractivity contribution >= 4 is 17.1 Å². The van der Waals surface area contributed by atoms with Crippen LogP contribution in [-0.2, 0) is 10.8 Å². The molecule has 0 saturated heterocycles. The molecule has 1 spiro atoms. The van der Waals surface area contributed by atoms with Gasteiger partial charge < -0.3 is 4.90 Å². The second kappa shape index (κ2) is 11.0. The lowest BCUT2D eigenvalue weighted by Gasteiger charge is -2.33. The zero-order valence-corrected chi connectivity index (χ0v) is 29.8. The molecule has 8 aromatic rings. The smallest absolute Gasteiger partial charge is 0.0725 e. The van der Waals surface area contributed by atoms with Crippen LogP contribution in [-0.4, -0.2) is 0 Å². The number of nitrogens with zero attached hydrogens (tertiary/aromatic N) is 1. The Morgan fingerprint density at radius 3 is 1.42 bits per heavy atom. The Balaban J connectivity index is 1.16. The summed E-state index contributed by atoms with van der Waals surface area (Å²) in [6, 6.07) is 70.0. The van der Waals surface area contributed by atoms with Crippen molar-refractivity contribution in [1.82, 2.24) is 0 Å². The molecule has 8 aromatic carbocycles. The van der Waals surface area contributed by atoms with Crippen LogP contribution in [0.25, 0.3) is 44.5 Å². The summed E-state index contributed by atoms with van der Waals surface area (Å²) < 4.78 is 0. The normalized spacial score (nSPS) is 14.5. The summed E-state index contributed by atoms with van der Waals surface area (Å²) in [7, 11) is 0. The molecule has 1 nitrogen and oxygen atoms in total. The van der Waals surface area contributed by atoms with E-state index in [9.17, 15) is 0 Å². The van der Waals surface area contributed by atoms with Crippen molar-refractivity contribution in [3.63, 3.8) is 0 Å². The first-order valence-electron chi connectivity index (χ1n) is 18.7. The molecular weight excluding hydrogens is 639 g/mol. The predicted octanol–water partition coefficient (Wildman–Crippen LogP) is 13.5. The molecule has 0 aliphatic heterocycles. The molecule has 3 aliphatic rings. The molecule has 0 unspecified atom stereocenters. The third kappa shape index (κ3) is 4.02. The van der Waals surface area contributed by atoms with Crippen LogP contribution in [0.15, 0.2) is 188 Å². The van der Waals surface area contributed by atoms with Gasteiger partial charge in [0.05, 0.1) is 11.1 Å². The van der Waals surface area contributed by atoms with Crippen molar-refractivity contribution in [2.45, 2.75) is 24.7 Å². The fourth-order valence-electron chi connectivity index (χ4n) is 10.1. The summed E-state index contributed by atoms with van der Waals surface area (Å²) in [5.74, 6) is 0. The fourth-order valence-corrected chi connectivity index (χ4v) is 10.1. The van der Waals surface area contributed by atoms with Crippen molar-refractivity contribution in [1.29, 1.82) is 0 Å². The summed E-state index contributed by atoms with van der Waals surface area (Å²) in [4.78, 5) is 2.51. The fraction of sp³-hybridized carbons (Fsp3) is 0.0769. The van der Waals surface area contributed by atoms with Crippen molar-refractivity contribution < 1.29 is 0 Å². The zero-order valence-electron chi connectivity index (χ0n) is 29.8. The lowest BCUT2D eigenvalue weighted by atomic mass is 9.70. The highest BCUT2D eigenvalue weighted by molar-refractivity contribution is 5.97. The minimum absolute atomic E-state index is 0.171. The molecule has 0 bridgehead atoms. The third-order valence-electron chi connectivity index (χ3n) is 12.3. The van der Waals surface area contributed by atoms with Crippen LogP contribution < -0.4 is 4.90 Å². The van der Waals surface area contributed by atoms with Gasteiger partial charge in [0.2, 0.25) is 0 Å². The van der Waals surface area contributed by atoms with E-state index in [0.29, 0.717) is 0 Å². The van der Waals surface area contributed by atoms with Gasteiger partial charge in [-0.15, -0.1) is 0 Å². The summed E-state index contributed by atoms with van der Waals surface area (Å²) in [5.41, 5.74) is 21.5. The maximum absolute atomic E-state index is 2.51. The van der Waals surface area contributed by atoms with Crippen LogP contribution in [0.1, 0.15) is 47.2 Å². The van der Waals surface area contributed by atoms with E-state index >= 15 is 0 Å². The van der Waals surface area contributed by atoms with Crippen LogP contribution in [0.5, 0.6) is 0 Å². The summed E-state index contributed by atoms with van der Waals surface area (Å²) in [5, 5.41) is 0. The first-order valence-corrected chi connectivity index (χ1v) is 18.7. The molecule has 0 atom stereocenters. The van der Waals surface area contributed by atoms with E-state index in [2.05, 4.69) is 207 Å². The molecule has 0 heterocycles. The molecule has 0 amide bonds. The van der Waals surface area contributed by atoms with Gasteiger partial charge in [0, 0.05) is 16.8 Å². The van der Waals surface area contributed by atoms with Gasteiger partial charge in [-0.05, 0) is 108 Å². The van der Waals surface area contributed by atoms with E-state index in [1.165, 1.54) is 83.6 Å². The van der Waals surface area contributed by atoms with E-state index in [-0.39, 0.29) is 10.8 Å². The topological polar surface area (TPSA) is 3.24 Å². The van der Waals surface area contributed by atoms with E-state index < -0.39 is 0 Å². The molecule has 0 N–H and O–H groups in total.